The van der Waals surface area contributed by atoms with E-state index in [-0.39, 0.29) is 5.75 Å². The van der Waals surface area contributed by atoms with E-state index in [0.29, 0.717) is 13.1 Å². The van der Waals surface area contributed by atoms with Crippen molar-refractivity contribution in [3.63, 3.8) is 0 Å². The zero-order chi connectivity index (χ0) is 16.1. The van der Waals surface area contributed by atoms with Crippen molar-refractivity contribution < 1.29 is 8.42 Å². The summed E-state index contributed by atoms with van der Waals surface area (Å²) in [4.78, 5) is 4.48. The largest absolute Gasteiger partial charge is 0.357 e. The van der Waals surface area contributed by atoms with E-state index in [1.54, 1.807) is 6.92 Å². The third-order valence-electron chi connectivity index (χ3n) is 2.92. The third-order valence-corrected chi connectivity index (χ3v) is 4.33. The molecule has 0 aliphatic rings. The van der Waals surface area contributed by atoms with E-state index < -0.39 is 10.0 Å². The van der Waals surface area contributed by atoms with E-state index in [9.17, 15) is 8.42 Å². The standard InChI is InChI=1S/C14H32N4O2S/c1-5-15-14(16-10-8-7-9-13(3)4)17-11-12-18-21(19,20)6-2/h13,18H,5-12H2,1-4H3,(H2,15,16,17). The highest BCUT2D eigenvalue weighted by Crippen LogP contribution is 2.05. The zero-order valence-corrected chi connectivity index (χ0v) is 14.7. The summed E-state index contributed by atoms with van der Waals surface area (Å²) in [5.74, 6) is 1.60. The van der Waals surface area contributed by atoms with E-state index >= 15 is 0 Å². The summed E-state index contributed by atoms with van der Waals surface area (Å²) >= 11 is 0. The molecule has 126 valence electrons. The van der Waals surface area contributed by atoms with Gasteiger partial charge >= 0.3 is 0 Å². The van der Waals surface area contributed by atoms with Gasteiger partial charge in [0, 0.05) is 26.2 Å². The van der Waals surface area contributed by atoms with Gasteiger partial charge in [0.25, 0.3) is 0 Å². The number of aliphatic imine (C=N–C) groups is 1. The lowest BCUT2D eigenvalue weighted by atomic mass is 10.1. The maximum Gasteiger partial charge on any atom is 0.211 e. The average Bonchev–Trinajstić information content (AvgIpc) is 2.42. The molecule has 0 rings (SSSR count). The molecule has 7 heteroatoms. The van der Waals surface area contributed by atoms with Gasteiger partial charge in [-0.2, -0.15) is 0 Å². The second kappa shape index (κ2) is 11.8. The molecule has 0 unspecified atom stereocenters. The predicted molar refractivity (Wildman–Crippen MR) is 90.1 cm³/mol. The summed E-state index contributed by atoms with van der Waals surface area (Å²) in [5, 5.41) is 6.28. The first-order valence-electron chi connectivity index (χ1n) is 7.90. The van der Waals surface area contributed by atoms with E-state index in [2.05, 4.69) is 34.2 Å². The Morgan fingerprint density at radius 3 is 2.38 bits per heavy atom. The van der Waals surface area contributed by atoms with Crippen LogP contribution in [0, 0.1) is 5.92 Å². The van der Waals surface area contributed by atoms with Crippen molar-refractivity contribution in [2.45, 2.75) is 47.0 Å². The quantitative estimate of drug-likeness (QED) is 0.304. The van der Waals surface area contributed by atoms with Crippen LogP contribution in [0.4, 0.5) is 0 Å². The molecule has 0 aromatic carbocycles. The minimum atomic E-state index is -3.11. The van der Waals surface area contributed by atoms with Crippen molar-refractivity contribution in [2.24, 2.45) is 10.9 Å². The molecule has 0 radical (unpaired) electrons. The zero-order valence-electron chi connectivity index (χ0n) is 13.9. The number of hydrogen-bond donors (Lipinski definition) is 3. The summed E-state index contributed by atoms with van der Waals surface area (Å²) in [6.07, 6.45) is 3.51. The Morgan fingerprint density at radius 2 is 1.81 bits per heavy atom. The van der Waals surface area contributed by atoms with E-state index in [0.717, 1.165) is 31.4 Å². The monoisotopic (exact) mass is 320 g/mol. The molecule has 0 aliphatic heterocycles. The molecule has 3 N–H and O–H groups in total. The molecular formula is C14H32N4O2S. The minimum absolute atomic E-state index is 0.108. The molecule has 0 atom stereocenters. The van der Waals surface area contributed by atoms with Crippen LogP contribution in [0.5, 0.6) is 0 Å². The van der Waals surface area contributed by atoms with Crippen molar-refractivity contribution in [3.05, 3.63) is 0 Å². The second-order valence-electron chi connectivity index (χ2n) is 5.37. The Bertz CT molecular complexity index is 380. The van der Waals surface area contributed by atoms with Gasteiger partial charge in [0.15, 0.2) is 5.96 Å². The highest BCUT2D eigenvalue weighted by molar-refractivity contribution is 7.89. The number of unbranched alkanes of at least 4 members (excludes halogenated alkanes) is 1. The fourth-order valence-electron chi connectivity index (χ4n) is 1.69. The van der Waals surface area contributed by atoms with Gasteiger partial charge in [-0.15, -0.1) is 0 Å². The molecule has 0 aromatic rings. The van der Waals surface area contributed by atoms with Crippen molar-refractivity contribution in [1.82, 2.24) is 15.4 Å². The van der Waals surface area contributed by atoms with Crippen molar-refractivity contribution in [1.29, 1.82) is 0 Å². The highest BCUT2D eigenvalue weighted by atomic mass is 32.2. The third kappa shape index (κ3) is 12.6. The molecule has 0 saturated heterocycles. The second-order valence-corrected chi connectivity index (χ2v) is 7.47. The Labute approximate surface area is 130 Å². The highest BCUT2D eigenvalue weighted by Gasteiger charge is 2.04. The Balaban J connectivity index is 3.95. The number of nitrogens with zero attached hydrogens (tertiary/aromatic N) is 1. The Hall–Kier alpha value is -0.820. The molecule has 0 fully saturated rings. The van der Waals surface area contributed by atoms with Crippen molar-refractivity contribution in [2.75, 3.05) is 31.9 Å². The average molecular weight is 321 g/mol. The molecule has 0 aliphatic carbocycles. The van der Waals surface area contributed by atoms with Crippen LogP contribution in [-0.2, 0) is 10.0 Å². The number of nitrogens with one attached hydrogen (secondary N) is 3. The van der Waals surface area contributed by atoms with Crippen LogP contribution in [0.3, 0.4) is 0 Å². The van der Waals surface area contributed by atoms with Crippen LogP contribution in [0.2, 0.25) is 0 Å². The van der Waals surface area contributed by atoms with Gasteiger partial charge in [0.1, 0.15) is 0 Å². The number of guanidine groups is 1. The van der Waals surface area contributed by atoms with Gasteiger partial charge in [0.05, 0.1) is 5.75 Å². The lowest BCUT2D eigenvalue weighted by Crippen LogP contribution is -2.41. The fourth-order valence-corrected chi connectivity index (χ4v) is 2.30. The molecule has 0 saturated carbocycles. The predicted octanol–water partition coefficient (Wildman–Crippen LogP) is 1.31. The summed E-state index contributed by atoms with van der Waals surface area (Å²) in [5.41, 5.74) is 0. The van der Waals surface area contributed by atoms with Gasteiger partial charge in [0.2, 0.25) is 10.0 Å². The number of sulfonamides is 1. The number of hydrogen-bond acceptors (Lipinski definition) is 3. The van der Waals surface area contributed by atoms with Crippen LogP contribution >= 0.6 is 0 Å². The molecule has 0 amide bonds. The smallest absolute Gasteiger partial charge is 0.211 e. The normalized spacial score (nSPS) is 12.7. The van der Waals surface area contributed by atoms with E-state index in [4.69, 9.17) is 0 Å². The summed E-state index contributed by atoms with van der Waals surface area (Å²) in [7, 11) is -3.11. The van der Waals surface area contributed by atoms with Crippen LogP contribution in [0.25, 0.3) is 0 Å². The lowest BCUT2D eigenvalue weighted by molar-refractivity contribution is 0.541. The van der Waals surface area contributed by atoms with Gasteiger partial charge in [-0.3, -0.25) is 4.99 Å². The van der Waals surface area contributed by atoms with E-state index in [1.165, 1.54) is 12.8 Å². The van der Waals surface area contributed by atoms with Crippen LogP contribution in [0.1, 0.15) is 47.0 Å². The Morgan fingerprint density at radius 1 is 1.10 bits per heavy atom. The summed E-state index contributed by atoms with van der Waals surface area (Å²) in [6.45, 7) is 10.6. The van der Waals surface area contributed by atoms with Gasteiger partial charge in [-0.1, -0.05) is 26.7 Å². The molecule has 0 bridgehead atoms. The molecule has 0 spiro atoms. The van der Waals surface area contributed by atoms with Crippen LogP contribution < -0.4 is 15.4 Å². The maximum atomic E-state index is 11.3. The molecular weight excluding hydrogens is 288 g/mol. The molecule has 21 heavy (non-hydrogen) atoms. The number of rotatable bonds is 11. The maximum absolute atomic E-state index is 11.3. The fraction of sp³-hybridized carbons (Fsp3) is 0.929. The molecule has 0 aromatic heterocycles. The SMILES string of the molecule is CCNC(=NCCCCC(C)C)NCCNS(=O)(=O)CC. The van der Waals surface area contributed by atoms with Gasteiger partial charge < -0.3 is 10.6 Å². The Kier molecular flexibility index (Phi) is 11.3. The first kappa shape index (κ1) is 20.2. The van der Waals surface area contributed by atoms with Crippen molar-refractivity contribution >= 4 is 16.0 Å². The van der Waals surface area contributed by atoms with Gasteiger partial charge in [-0.25, -0.2) is 13.1 Å². The minimum Gasteiger partial charge on any atom is -0.357 e. The van der Waals surface area contributed by atoms with Crippen molar-refractivity contribution in [3.8, 4) is 0 Å². The first-order chi connectivity index (χ1) is 9.91. The lowest BCUT2D eigenvalue weighted by Gasteiger charge is -2.11. The summed E-state index contributed by atoms with van der Waals surface area (Å²) in [6, 6.07) is 0. The van der Waals surface area contributed by atoms with Crippen LogP contribution in [0.15, 0.2) is 4.99 Å². The molecule has 6 nitrogen and oxygen atoms in total. The van der Waals surface area contributed by atoms with E-state index in [1.807, 2.05) is 6.92 Å². The molecule has 0 heterocycles. The summed E-state index contributed by atoms with van der Waals surface area (Å²) < 4.78 is 25.1. The topological polar surface area (TPSA) is 82.6 Å². The van der Waals surface area contributed by atoms with Crippen LogP contribution in [-0.4, -0.2) is 46.3 Å². The van der Waals surface area contributed by atoms with Gasteiger partial charge in [-0.05, 0) is 26.2 Å². The first-order valence-corrected chi connectivity index (χ1v) is 9.56.